The molecule has 0 radical (unpaired) electrons. The molecule has 0 saturated carbocycles. The Hall–Kier alpha value is -2.46. The number of allylic oxidation sites excluding steroid dienone is 1. The fourth-order valence-electron chi connectivity index (χ4n) is 2.55. The number of hydrogen-bond donors (Lipinski definition) is 1. The predicted octanol–water partition coefficient (Wildman–Crippen LogP) is 6.30. The monoisotopic (exact) mass is 361 g/mol. The fraction of sp³-hybridized carbons (Fsp3) is 0.364. The van der Waals surface area contributed by atoms with Crippen LogP contribution in [0.4, 0.5) is 0 Å². The fourth-order valence-corrected chi connectivity index (χ4v) is 2.55. The van der Waals surface area contributed by atoms with Gasteiger partial charge in [-0.25, -0.2) is 0 Å². The van der Waals surface area contributed by atoms with Crippen LogP contribution in [0.15, 0.2) is 42.5 Å². The van der Waals surface area contributed by atoms with Crippen molar-refractivity contribution in [2.45, 2.75) is 35.1 Å². The Bertz CT molecular complexity index is 694. The number of hydrogen-bond acceptors (Lipinski definition) is 4. The summed E-state index contributed by atoms with van der Waals surface area (Å²) < 4.78 is 16.0. The van der Waals surface area contributed by atoms with Crippen LogP contribution < -0.4 is 20.4 Å². The maximum atomic E-state index is 5.40. The van der Waals surface area contributed by atoms with E-state index in [1.54, 1.807) is 21.3 Å². The van der Waals surface area contributed by atoms with Crippen molar-refractivity contribution in [1.29, 1.82) is 0 Å². The molecule has 0 aliphatic carbocycles. The molecule has 4 nitrogen and oxygen atoms in total. The first kappa shape index (κ1) is 25.8. The van der Waals surface area contributed by atoms with Crippen molar-refractivity contribution in [2.75, 3.05) is 21.3 Å². The molecule has 0 amide bonds. The number of methoxy groups -OCH3 is 3. The quantitative estimate of drug-likeness (QED) is 0.679. The molecule has 2 rings (SSSR count). The molecule has 3 N–H and O–H groups in total. The molecule has 0 atom stereocenters. The van der Waals surface area contributed by atoms with Crippen LogP contribution in [0.3, 0.4) is 0 Å². The van der Waals surface area contributed by atoms with Gasteiger partial charge in [0, 0.05) is 0 Å². The zero-order valence-corrected chi connectivity index (χ0v) is 16.5. The van der Waals surface area contributed by atoms with E-state index < -0.39 is 0 Å². The van der Waals surface area contributed by atoms with Gasteiger partial charge in [0.2, 0.25) is 0 Å². The Morgan fingerprint density at radius 1 is 0.769 bits per heavy atom. The Kier molecular flexibility index (Phi) is 12.7. The summed E-state index contributed by atoms with van der Waals surface area (Å²) in [5.41, 5.74) is 4.49. The molecule has 0 heterocycles. The van der Waals surface area contributed by atoms with Crippen LogP contribution in [-0.2, 0) is 0 Å². The number of rotatable bonds is 5. The normalized spacial score (nSPS) is 9.73. The molecule has 0 aliphatic rings. The maximum Gasteiger partial charge on any atom is 0.161 e. The standard InChI is InChI=1S/C19H22O3.C2H6.CH4.H3N/c1-6-16(14-7-9-17(20-3)13(2)11-14)15-8-10-18(21-4)19(12-15)22-5;1-2;;/h6-12H,1-5H3;1-2H3;1H4;1H3/b16-6+;;;. The van der Waals surface area contributed by atoms with E-state index in [2.05, 4.69) is 18.2 Å². The lowest BCUT2D eigenvalue weighted by atomic mass is 9.96. The molecular formula is C22H35NO3. The molecule has 0 aliphatic heterocycles. The van der Waals surface area contributed by atoms with E-state index in [1.165, 1.54) is 0 Å². The predicted molar refractivity (Wildman–Crippen MR) is 113 cm³/mol. The zero-order chi connectivity index (χ0) is 18.1. The lowest BCUT2D eigenvalue weighted by Gasteiger charge is -2.14. The average Bonchev–Trinajstić information content (AvgIpc) is 2.64. The van der Waals surface area contributed by atoms with E-state index >= 15 is 0 Å². The topological polar surface area (TPSA) is 62.7 Å². The zero-order valence-electron chi connectivity index (χ0n) is 16.5. The molecule has 0 fully saturated rings. The van der Waals surface area contributed by atoms with Crippen LogP contribution in [0.25, 0.3) is 5.57 Å². The van der Waals surface area contributed by atoms with Crippen LogP contribution >= 0.6 is 0 Å². The summed E-state index contributed by atoms with van der Waals surface area (Å²) in [6.45, 7) is 8.08. The minimum Gasteiger partial charge on any atom is -0.496 e. The van der Waals surface area contributed by atoms with Gasteiger partial charge in [-0.15, -0.1) is 0 Å². The highest BCUT2D eigenvalue weighted by molar-refractivity contribution is 5.81. The molecule has 4 heteroatoms. The minimum absolute atomic E-state index is 0. The van der Waals surface area contributed by atoms with Crippen molar-refractivity contribution in [2.24, 2.45) is 0 Å². The third-order valence-corrected chi connectivity index (χ3v) is 3.69. The molecule has 2 aromatic rings. The highest BCUT2D eigenvalue weighted by Gasteiger charge is 2.10. The second-order valence-corrected chi connectivity index (χ2v) is 4.96. The second kappa shape index (κ2) is 12.8. The molecule has 0 bridgehead atoms. The first-order chi connectivity index (χ1) is 11.6. The molecule has 0 saturated heterocycles. The average molecular weight is 362 g/mol. The number of benzene rings is 2. The van der Waals surface area contributed by atoms with E-state index in [1.807, 2.05) is 52.0 Å². The van der Waals surface area contributed by atoms with Crippen LogP contribution in [0, 0.1) is 6.92 Å². The summed E-state index contributed by atoms with van der Waals surface area (Å²) in [7, 11) is 4.97. The maximum absolute atomic E-state index is 5.40. The number of aryl methyl sites for hydroxylation is 1. The summed E-state index contributed by atoms with van der Waals surface area (Å²) in [4.78, 5) is 0. The van der Waals surface area contributed by atoms with Gasteiger partial charge in [0.25, 0.3) is 0 Å². The Morgan fingerprint density at radius 3 is 1.65 bits per heavy atom. The van der Waals surface area contributed by atoms with Crippen LogP contribution in [0.5, 0.6) is 17.2 Å². The van der Waals surface area contributed by atoms with Crippen LogP contribution in [0.2, 0.25) is 0 Å². The van der Waals surface area contributed by atoms with E-state index in [0.717, 1.165) is 39.5 Å². The van der Waals surface area contributed by atoms with Gasteiger partial charge in [-0.2, -0.15) is 0 Å². The molecule has 0 aromatic heterocycles. The SMILES string of the molecule is C.C/C=C(\c1ccc(OC)c(C)c1)c1ccc(OC)c(OC)c1.CC.N. The molecule has 146 valence electrons. The van der Waals surface area contributed by atoms with E-state index in [9.17, 15) is 0 Å². The summed E-state index contributed by atoms with van der Waals surface area (Å²) in [6, 6.07) is 12.1. The largest absolute Gasteiger partial charge is 0.496 e. The van der Waals surface area contributed by atoms with Gasteiger partial charge in [-0.05, 0) is 60.4 Å². The molecule has 26 heavy (non-hydrogen) atoms. The van der Waals surface area contributed by atoms with Crippen molar-refractivity contribution in [3.8, 4) is 17.2 Å². The van der Waals surface area contributed by atoms with Crippen LogP contribution in [-0.4, -0.2) is 21.3 Å². The van der Waals surface area contributed by atoms with Gasteiger partial charge in [0.1, 0.15) is 5.75 Å². The Balaban J connectivity index is 0. The Morgan fingerprint density at radius 2 is 1.23 bits per heavy atom. The van der Waals surface area contributed by atoms with E-state index in [4.69, 9.17) is 14.2 Å². The van der Waals surface area contributed by atoms with Crippen molar-refractivity contribution >= 4 is 5.57 Å². The second-order valence-electron chi connectivity index (χ2n) is 4.96. The first-order valence-corrected chi connectivity index (χ1v) is 8.18. The van der Waals surface area contributed by atoms with Gasteiger partial charge >= 0.3 is 0 Å². The summed E-state index contributed by atoms with van der Waals surface area (Å²) in [5.74, 6) is 2.35. The highest BCUT2D eigenvalue weighted by Crippen LogP contribution is 2.33. The minimum atomic E-state index is 0. The van der Waals surface area contributed by atoms with Crippen molar-refractivity contribution in [3.63, 3.8) is 0 Å². The van der Waals surface area contributed by atoms with Gasteiger partial charge in [0.05, 0.1) is 21.3 Å². The van der Waals surface area contributed by atoms with Crippen molar-refractivity contribution in [1.82, 2.24) is 6.15 Å². The van der Waals surface area contributed by atoms with Crippen LogP contribution in [0.1, 0.15) is 44.9 Å². The summed E-state index contributed by atoms with van der Waals surface area (Å²) in [6.07, 6.45) is 2.10. The van der Waals surface area contributed by atoms with E-state index in [0.29, 0.717) is 0 Å². The van der Waals surface area contributed by atoms with E-state index in [-0.39, 0.29) is 13.6 Å². The van der Waals surface area contributed by atoms with Gasteiger partial charge in [-0.1, -0.05) is 39.5 Å². The molecule has 2 aromatic carbocycles. The third-order valence-electron chi connectivity index (χ3n) is 3.69. The summed E-state index contributed by atoms with van der Waals surface area (Å²) in [5, 5.41) is 0. The lowest BCUT2D eigenvalue weighted by Crippen LogP contribution is -1.95. The lowest BCUT2D eigenvalue weighted by molar-refractivity contribution is 0.355. The smallest absolute Gasteiger partial charge is 0.161 e. The van der Waals surface area contributed by atoms with Crippen molar-refractivity contribution < 1.29 is 14.2 Å². The van der Waals surface area contributed by atoms with Crippen molar-refractivity contribution in [3.05, 3.63) is 59.2 Å². The number of ether oxygens (including phenoxy) is 3. The highest BCUT2D eigenvalue weighted by atomic mass is 16.5. The summed E-state index contributed by atoms with van der Waals surface area (Å²) >= 11 is 0. The molecule has 0 unspecified atom stereocenters. The van der Waals surface area contributed by atoms with Gasteiger partial charge in [0.15, 0.2) is 11.5 Å². The van der Waals surface area contributed by atoms with Gasteiger partial charge in [-0.3, -0.25) is 0 Å². The third kappa shape index (κ3) is 5.81. The molecule has 0 spiro atoms. The van der Waals surface area contributed by atoms with Gasteiger partial charge < -0.3 is 20.4 Å². The first-order valence-electron chi connectivity index (χ1n) is 8.18. The molecular weight excluding hydrogens is 326 g/mol. The Labute approximate surface area is 159 Å².